The molecule has 1 spiro atoms. The summed E-state index contributed by atoms with van der Waals surface area (Å²) in [6.45, 7) is 1.54. The van der Waals surface area contributed by atoms with Crippen LogP contribution in [0.2, 0.25) is 0 Å². The van der Waals surface area contributed by atoms with Gasteiger partial charge >= 0.3 is 6.03 Å². The lowest BCUT2D eigenvalue weighted by molar-refractivity contribution is -0.0684. The Morgan fingerprint density at radius 1 is 1.33 bits per heavy atom. The number of rotatable bonds is 4. The van der Waals surface area contributed by atoms with Crippen LogP contribution in [-0.2, 0) is 4.74 Å². The Morgan fingerprint density at radius 3 is 3.00 bits per heavy atom. The van der Waals surface area contributed by atoms with Crippen LogP contribution >= 0.6 is 11.8 Å². The molecule has 0 bridgehead atoms. The number of urea groups is 1. The van der Waals surface area contributed by atoms with Crippen LogP contribution in [0.4, 0.5) is 4.79 Å². The molecule has 2 heterocycles. The minimum atomic E-state index is -0.0126. The van der Waals surface area contributed by atoms with Gasteiger partial charge in [0.05, 0.1) is 5.60 Å². The first-order chi connectivity index (χ1) is 11.7. The molecule has 3 aliphatic rings. The highest BCUT2D eigenvalue weighted by atomic mass is 32.2. The summed E-state index contributed by atoms with van der Waals surface area (Å²) in [6.07, 6.45) is 4.19. The van der Waals surface area contributed by atoms with E-state index in [0.717, 1.165) is 38.2 Å². The van der Waals surface area contributed by atoms with E-state index in [4.69, 9.17) is 4.74 Å². The molecule has 5 heteroatoms. The van der Waals surface area contributed by atoms with Gasteiger partial charge in [-0.3, -0.25) is 0 Å². The van der Waals surface area contributed by atoms with E-state index in [1.54, 1.807) is 0 Å². The number of carbonyl (C=O) groups excluding carboxylic acids is 1. The summed E-state index contributed by atoms with van der Waals surface area (Å²) in [4.78, 5) is 12.2. The number of carbonyl (C=O) groups is 1. The van der Waals surface area contributed by atoms with Gasteiger partial charge in [-0.15, -0.1) is 0 Å². The van der Waals surface area contributed by atoms with E-state index in [0.29, 0.717) is 11.8 Å². The quantitative estimate of drug-likeness (QED) is 0.880. The van der Waals surface area contributed by atoms with Crippen LogP contribution in [0.25, 0.3) is 0 Å². The van der Waals surface area contributed by atoms with Crippen LogP contribution in [0, 0.1) is 5.92 Å². The summed E-state index contributed by atoms with van der Waals surface area (Å²) in [5.74, 6) is 3.47. The molecule has 4 nitrogen and oxygen atoms in total. The van der Waals surface area contributed by atoms with E-state index in [1.807, 2.05) is 11.8 Å². The Morgan fingerprint density at radius 2 is 2.21 bits per heavy atom. The van der Waals surface area contributed by atoms with Gasteiger partial charge in [0.15, 0.2) is 0 Å². The topological polar surface area (TPSA) is 50.4 Å². The number of thioether (sulfide) groups is 1. The summed E-state index contributed by atoms with van der Waals surface area (Å²) in [5, 5.41) is 6.24. The fourth-order valence-electron chi connectivity index (χ4n) is 4.06. The van der Waals surface area contributed by atoms with Crippen LogP contribution in [0.3, 0.4) is 0 Å². The highest BCUT2D eigenvalue weighted by molar-refractivity contribution is 7.99. The second-order valence-corrected chi connectivity index (χ2v) is 8.50. The molecule has 1 saturated carbocycles. The van der Waals surface area contributed by atoms with Crippen LogP contribution < -0.4 is 10.6 Å². The predicted octanol–water partition coefficient (Wildman–Crippen LogP) is 3.14. The van der Waals surface area contributed by atoms with Crippen molar-refractivity contribution in [2.24, 2.45) is 5.92 Å². The molecule has 4 rings (SSSR count). The number of amides is 2. The smallest absolute Gasteiger partial charge is 0.315 e. The van der Waals surface area contributed by atoms with Gasteiger partial charge in [-0.05, 0) is 48.8 Å². The van der Waals surface area contributed by atoms with Crippen molar-refractivity contribution in [2.75, 3.05) is 24.7 Å². The van der Waals surface area contributed by atoms with Gasteiger partial charge in [-0.25, -0.2) is 4.79 Å². The van der Waals surface area contributed by atoms with Gasteiger partial charge in [0.25, 0.3) is 0 Å². The maximum absolute atomic E-state index is 12.2. The first-order valence-electron chi connectivity index (χ1n) is 9.05. The first-order valence-corrected chi connectivity index (χ1v) is 10.2. The molecule has 2 aliphatic heterocycles. The van der Waals surface area contributed by atoms with Crippen LogP contribution in [0.5, 0.6) is 0 Å². The van der Waals surface area contributed by atoms with Crippen molar-refractivity contribution < 1.29 is 9.53 Å². The van der Waals surface area contributed by atoms with Gasteiger partial charge in [0, 0.05) is 24.9 Å². The lowest BCUT2D eigenvalue weighted by atomic mass is 9.90. The average molecular weight is 346 g/mol. The number of hydrogen-bond donors (Lipinski definition) is 2. The van der Waals surface area contributed by atoms with Gasteiger partial charge in [-0.1, -0.05) is 30.3 Å². The molecule has 24 heavy (non-hydrogen) atoms. The van der Waals surface area contributed by atoms with Crippen molar-refractivity contribution in [1.29, 1.82) is 0 Å². The lowest BCUT2D eigenvalue weighted by Crippen LogP contribution is -2.51. The van der Waals surface area contributed by atoms with Gasteiger partial charge < -0.3 is 15.4 Å². The first kappa shape index (κ1) is 16.3. The maximum Gasteiger partial charge on any atom is 0.315 e. The molecular weight excluding hydrogens is 320 g/mol. The van der Waals surface area contributed by atoms with Crippen molar-refractivity contribution in [2.45, 2.75) is 43.2 Å². The summed E-state index contributed by atoms with van der Waals surface area (Å²) in [7, 11) is 0. The predicted molar refractivity (Wildman–Crippen MR) is 97.5 cm³/mol. The Hall–Kier alpha value is -1.20. The summed E-state index contributed by atoms with van der Waals surface area (Å²) >= 11 is 1.97. The van der Waals surface area contributed by atoms with Crippen LogP contribution in [0.15, 0.2) is 30.3 Å². The van der Waals surface area contributed by atoms with E-state index in [9.17, 15) is 4.79 Å². The number of nitrogens with one attached hydrogen (secondary N) is 2. The summed E-state index contributed by atoms with van der Waals surface area (Å²) in [6, 6.07) is 10.8. The maximum atomic E-state index is 12.2. The van der Waals surface area contributed by atoms with Crippen molar-refractivity contribution >= 4 is 17.8 Å². The molecule has 1 aliphatic carbocycles. The molecule has 2 saturated heterocycles. The third-order valence-electron chi connectivity index (χ3n) is 5.57. The van der Waals surface area contributed by atoms with Gasteiger partial charge in [0.2, 0.25) is 0 Å². The molecular formula is C19H26N2O2S. The Bertz CT molecular complexity index is 574. The molecule has 3 fully saturated rings. The minimum Gasteiger partial charge on any atom is -0.374 e. The van der Waals surface area contributed by atoms with Crippen LogP contribution in [-0.4, -0.2) is 42.3 Å². The highest BCUT2D eigenvalue weighted by Crippen LogP contribution is 2.46. The minimum absolute atomic E-state index is 0.0126. The lowest BCUT2D eigenvalue weighted by Gasteiger charge is -2.37. The molecule has 130 valence electrons. The molecule has 1 aromatic carbocycles. The standard InChI is InChI=1S/C19H26N2O2S/c22-18(20-12-15-10-17(15)14-4-2-1-3-5-14)21-16-6-8-23-19(11-16)7-9-24-13-19/h1-5,15-17H,6-13H2,(H2,20,21,22)/t15-,16-,17+,19-/m0/s1. The molecule has 1 aromatic rings. The van der Waals surface area contributed by atoms with E-state index >= 15 is 0 Å². The Kier molecular flexibility index (Phi) is 4.72. The molecule has 2 N–H and O–H groups in total. The second-order valence-electron chi connectivity index (χ2n) is 7.39. The fraction of sp³-hybridized carbons (Fsp3) is 0.632. The second kappa shape index (κ2) is 6.96. The van der Waals surface area contributed by atoms with E-state index in [-0.39, 0.29) is 17.7 Å². The SMILES string of the molecule is O=C(NC[C@@H]1C[C@@H]1c1ccccc1)N[C@H]1CCO[C@@]2(CCSC2)C1. The van der Waals surface area contributed by atoms with Crippen molar-refractivity contribution in [3.8, 4) is 0 Å². The Balaban J connectivity index is 1.20. The number of ether oxygens (including phenoxy) is 1. The monoisotopic (exact) mass is 346 g/mol. The number of hydrogen-bond acceptors (Lipinski definition) is 3. The van der Waals surface area contributed by atoms with E-state index in [2.05, 4.69) is 41.0 Å². The van der Waals surface area contributed by atoms with Crippen molar-refractivity contribution in [3.63, 3.8) is 0 Å². The highest BCUT2D eigenvalue weighted by Gasteiger charge is 2.41. The van der Waals surface area contributed by atoms with Crippen molar-refractivity contribution in [1.82, 2.24) is 10.6 Å². The molecule has 0 radical (unpaired) electrons. The van der Waals surface area contributed by atoms with Crippen molar-refractivity contribution in [3.05, 3.63) is 35.9 Å². The zero-order valence-corrected chi connectivity index (χ0v) is 14.8. The van der Waals surface area contributed by atoms with E-state index < -0.39 is 0 Å². The fourth-order valence-corrected chi connectivity index (χ4v) is 5.43. The summed E-state index contributed by atoms with van der Waals surface area (Å²) in [5.41, 5.74) is 1.42. The Labute approximate surface area is 148 Å². The van der Waals surface area contributed by atoms with Gasteiger partial charge in [-0.2, -0.15) is 11.8 Å². The normalized spacial score (nSPS) is 34.9. The van der Waals surface area contributed by atoms with Crippen LogP contribution in [0.1, 0.15) is 37.2 Å². The summed E-state index contributed by atoms with van der Waals surface area (Å²) < 4.78 is 6.02. The molecule has 4 atom stereocenters. The van der Waals surface area contributed by atoms with E-state index in [1.165, 1.54) is 17.7 Å². The zero-order valence-electron chi connectivity index (χ0n) is 14.0. The average Bonchev–Trinajstić information content (AvgIpc) is 3.26. The third-order valence-corrected chi connectivity index (χ3v) is 6.79. The largest absolute Gasteiger partial charge is 0.374 e. The third kappa shape index (κ3) is 3.72. The molecule has 0 unspecified atom stereocenters. The molecule has 0 aromatic heterocycles. The van der Waals surface area contributed by atoms with Gasteiger partial charge in [0.1, 0.15) is 0 Å². The zero-order chi connectivity index (χ0) is 16.4. The number of benzene rings is 1. The molecule has 2 amide bonds.